The lowest BCUT2D eigenvalue weighted by Crippen LogP contribution is -2.12. The van der Waals surface area contributed by atoms with Crippen LogP contribution in [0.1, 0.15) is 72.1 Å². The minimum Gasteiger partial charge on any atom is -0.494 e. The highest BCUT2D eigenvalue weighted by Crippen LogP contribution is 2.30. The quantitative estimate of drug-likeness (QED) is 0.0289. The number of benzene rings is 5. The Kier molecular flexibility index (Phi) is 15.9. The third kappa shape index (κ3) is 12.5. The number of halogens is 2. The summed E-state index contributed by atoms with van der Waals surface area (Å²) in [5.41, 5.74) is 0.227. The summed E-state index contributed by atoms with van der Waals surface area (Å²) in [7, 11) is 0. The predicted octanol–water partition coefficient (Wildman–Crippen LogP) is 10.0. The van der Waals surface area contributed by atoms with Crippen molar-refractivity contribution in [1.29, 1.82) is 0 Å². The predicted molar refractivity (Wildman–Crippen MR) is 214 cm³/mol. The third-order valence-corrected chi connectivity index (χ3v) is 8.95. The zero-order valence-corrected chi connectivity index (χ0v) is 32.0. The molecule has 10 nitrogen and oxygen atoms in total. The van der Waals surface area contributed by atoms with E-state index in [2.05, 4.69) is 13.2 Å². The number of rotatable bonds is 22. The zero-order chi connectivity index (χ0) is 41.3. The fraction of sp³-hybridized carbons (Fsp3) is 0.261. The molecule has 0 fully saturated rings. The molecule has 5 rings (SSSR count). The Labute approximate surface area is 334 Å². The normalized spacial score (nSPS) is 10.8. The van der Waals surface area contributed by atoms with Crippen molar-refractivity contribution in [2.24, 2.45) is 0 Å². The fourth-order valence-corrected chi connectivity index (χ4v) is 5.83. The van der Waals surface area contributed by atoms with Gasteiger partial charge in [0.1, 0.15) is 11.5 Å². The van der Waals surface area contributed by atoms with Crippen molar-refractivity contribution in [3.8, 4) is 23.0 Å². The van der Waals surface area contributed by atoms with Crippen molar-refractivity contribution in [3.05, 3.63) is 133 Å². The molecule has 0 bridgehead atoms. The Morgan fingerprint density at radius 1 is 0.466 bits per heavy atom. The molecule has 5 aromatic rings. The molecule has 0 aliphatic rings. The van der Waals surface area contributed by atoms with Crippen LogP contribution in [0.25, 0.3) is 21.5 Å². The van der Waals surface area contributed by atoms with Crippen LogP contribution >= 0.6 is 0 Å². The van der Waals surface area contributed by atoms with Crippen LogP contribution < -0.4 is 18.9 Å². The standard InChI is InChI=1S/C46H44F2O10/c1-3-41(49)55-25-11-7-5-9-23-53-37-19-17-31-27-35(15-13-33(31)29-37)45(51)57-39-21-22-40(44(48)43(39)47)58-46(52)36-16-14-34-30-38(20-18-32(34)28-36)54-24-10-6-8-12-26-56-42(50)4-2/h3-4,13-22,27-30H,1-2,5-12,23-26H2. The second-order valence-corrected chi connectivity index (χ2v) is 13.2. The summed E-state index contributed by atoms with van der Waals surface area (Å²) in [4.78, 5) is 48.0. The first-order valence-corrected chi connectivity index (χ1v) is 19.0. The van der Waals surface area contributed by atoms with Gasteiger partial charge in [0.2, 0.25) is 11.6 Å². The maximum absolute atomic E-state index is 15.1. The van der Waals surface area contributed by atoms with Gasteiger partial charge in [-0.15, -0.1) is 0 Å². The molecule has 0 aliphatic heterocycles. The summed E-state index contributed by atoms with van der Waals surface area (Å²) in [6.07, 6.45) is 9.08. The van der Waals surface area contributed by atoms with E-state index in [1.165, 1.54) is 12.1 Å². The van der Waals surface area contributed by atoms with Crippen LogP contribution in [0.4, 0.5) is 8.78 Å². The highest BCUT2D eigenvalue weighted by Gasteiger charge is 2.22. The van der Waals surface area contributed by atoms with Gasteiger partial charge < -0.3 is 28.4 Å². The molecular weight excluding hydrogens is 750 g/mol. The number of carbonyl (C=O) groups excluding carboxylic acids is 4. The molecule has 0 heterocycles. The number of unbranched alkanes of at least 4 members (excludes halogenated alkanes) is 6. The smallest absolute Gasteiger partial charge is 0.343 e. The average molecular weight is 795 g/mol. The maximum Gasteiger partial charge on any atom is 0.343 e. The Morgan fingerprint density at radius 3 is 1.22 bits per heavy atom. The molecule has 0 amide bonds. The third-order valence-electron chi connectivity index (χ3n) is 8.95. The molecule has 0 N–H and O–H groups in total. The average Bonchev–Trinajstić information content (AvgIpc) is 3.24. The van der Waals surface area contributed by atoms with Crippen molar-refractivity contribution in [3.63, 3.8) is 0 Å². The summed E-state index contributed by atoms with van der Waals surface area (Å²) in [6, 6.07) is 22.4. The van der Waals surface area contributed by atoms with Crippen LogP contribution in [0.5, 0.6) is 23.0 Å². The van der Waals surface area contributed by atoms with Gasteiger partial charge in [-0.25, -0.2) is 19.2 Å². The lowest BCUT2D eigenvalue weighted by atomic mass is 10.1. The van der Waals surface area contributed by atoms with Crippen molar-refractivity contribution >= 4 is 45.4 Å². The van der Waals surface area contributed by atoms with Crippen molar-refractivity contribution in [2.45, 2.75) is 51.4 Å². The van der Waals surface area contributed by atoms with Gasteiger partial charge in [-0.2, -0.15) is 8.78 Å². The second kappa shape index (κ2) is 21.7. The van der Waals surface area contributed by atoms with Crippen LogP contribution in [0, 0.1) is 11.6 Å². The number of carbonyl (C=O) groups is 4. The minimum atomic E-state index is -1.49. The summed E-state index contributed by atoms with van der Waals surface area (Å²) in [5, 5.41) is 3.01. The molecule has 0 spiro atoms. The van der Waals surface area contributed by atoms with E-state index in [4.69, 9.17) is 28.4 Å². The van der Waals surface area contributed by atoms with Gasteiger partial charge in [-0.3, -0.25) is 0 Å². The molecule has 58 heavy (non-hydrogen) atoms. The Morgan fingerprint density at radius 2 is 0.828 bits per heavy atom. The van der Waals surface area contributed by atoms with Gasteiger partial charge in [0.15, 0.2) is 11.5 Å². The highest BCUT2D eigenvalue weighted by molar-refractivity contribution is 5.98. The van der Waals surface area contributed by atoms with Crippen LogP contribution in [0.15, 0.2) is 110 Å². The van der Waals surface area contributed by atoms with E-state index in [-0.39, 0.29) is 11.1 Å². The number of fused-ring (bicyclic) bond motifs is 2. The van der Waals surface area contributed by atoms with Crippen molar-refractivity contribution in [2.75, 3.05) is 26.4 Å². The molecule has 0 saturated heterocycles. The van der Waals surface area contributed by atoms with Crippen LogP contribution in [0.2, 0.25) is 0 Å². The van der Waals surface area contributed by atoms with E-state index in [9.17, 15) is 19.2 Å². The summed E-state index contributed by atoms with van der Waals surface area (Å²) >= 11 is 0. The van der Waals surface area contributed by atoms with Crippen LogP contribution in [-0.2, 0) is 19.1 Å². The molecule has 12 heteroatoms. The minimum absolute atomic E-state index is 0.114. The highest BCUT2D eigenvalue weighted by atomic mass is 19.2. The fourth-order valence-electron chi connectivity index (χ4n) is 5.83. The monoisotopic (exact) mass is 794 g/mol. The summed E-state index contributed by atoms with van der Waals surface area (Å²) < 4.78 is 62.2. The van der Waals surface area contributed by atoms with Crippen LogP contribution in [-0.4, -0.2) is 50.3 Å². The number of esters is 4. The largest absolute Gasteiger partial charge is 0.494 e. The first-order valence-electron chi connectivity index (χ1n) is 19.0. The van der Waals surface area contributed by atoms with Gasteiger partial charge in [0.05, 0.1) is 37.6 Å². The number of hydrogen-bond donors (Lipinski definition) is 0. The van der Waals surface area contributed by atoms with E-state index in [1.54, 1.807) is 48.5 Å². The lowest BCUT2D eigenvalue weighted by Gasteiger charge is -2.11. The first kappa shape index (κ1) is 42.6. The molecule has 0 aliphatic carbocycles. The van der Waals surface area contributed by atoms with Crippen molar-refractivity contribution in [1.82, 2.24) is 0 Å². The van der Waals surface area contributed by atoms with Gasteiger partial charge in [0, 0.05) is 12.2 Å². The lowest BCUT2D eigenvalue weighted by molar-refractivity contribution is -0.138. The molecule has 5 aromatic carbocycles. The number of hydrogen-bond acceptors (Lipinski definition) is 10. The summed E-state index contributed by atoms with van der Waals surface area (Å²) in [5.74, 6) is -5.67. The molecule has 0 radical (unpaired) electrons. The molecule has 0 atom stereocenters. The molecule has 0 aromatic heterocycles. The second-order valence-electron chi connectivity index (χ2n) is 13.2. The van der Waals surface area contributed by atoms with E-state index < -0.39 is 47.0 Å². The van der Waals surface area contributed by atoms with E-state index in [0.29, 0.717) is 48.7 Å². The van der Waals surface area contributed by atoms with Crippen LogP contribution in [0.3, 0.4) is 0 Å². The summed E-state index contributed by atoms with van der Waals surface area (Å²) in [6.45, 7) is 8.46. The molecule has 0 saturated carbocycles. The molecule has 302 valence electrons. The topological polar surface area (TPSA) is 124 Å². The zero-order valence-electron chi connectivity index (χ0n) is 32.0. The van der Waals surface area contributed by atoms with Gasteiger partial charge >= 0.3 is 23.9 Å². The number of ether oxygens (including phenoxy) is 6. The van der Waals surface area contributed by atoms with Crippen molar-refractivity contribution < 1.29 is 56.4 Å². The first-order chi connectivity index (χ1) is 28.1. The van der Waals surface area contributed by atoms with E-state index in [1.807, 2.05) is 12.1 Å². The molecule has 0 unspecified atom stereocenters. The van der Waals surface area contributed by atoms with E-state index >= 15 is 8.78 Å². The van der Waals surface area contributed by atoms with Gasteiger partial charge in [-0.05, 0) is 134 Å². The van der Waals surface area contributed by atoms with E-state index in [0.717, 1.165) is 86.4 Å². The Bertz CT molecular complexity index is 2110. The molecular formula is C46H44F2O10. The Hall–Kier alpha value is -6.56. The SMILES string of the molecule is C=CC(=O)OCCCCCCOc1ccc2cc(C(=O)Oc3ccc(OC(=O)c4ccc5cc(OCCCCCCOC(=O)C=C)ccc5c4)c(F)c3F)ccc2c1. The van der Waals surface area contributed by atoms with Gasteiger partial charge in [0.25, 0.3) is 0 Å². The maximum atomic E-state index is 15.1. The van der Waals surface area contributed by atoms with Gasteiger partial charge in [-0.1, -0.05) is 37.4 Å². The Balaban J connectivity index is 1.08.